The van der Waals surface area contributed by atoms with E-state index in [0.717, 1.165) is 3.57 Å². The minimum Gasteiger partial charge on any atom is -0.484 e. The summed E-state index contributed by atoms with van der Waals surface area (Å²) in [5.41, 5.74) is 1.26. The van der Waals surface area contributed by atoms with Crippen LogP contribution < -0.4 is 20.7 Å². The van der Waals surface area contributed by atoms with Crippen LogP contribution in [0.5, 0.6) is 5.75 Å². The summed E-state index contributed by atoms with van der Waals surface area (Å²) in [4.78, 5) is 23.0. The van der Waals surface area contributed by atoms with Gasteiger partial charge >= 0.3 is 6.03 Å². The monoisotopic (exact) mass is 425 g/mol. The quantitative estimate of drug-likeness (QED) is 0.645. The summed E-state index contributed by atoms with van der Waals surface area (Å²) < 4.78 is 6.51. The van der Waals surface area contributed by atoms with Gasteiger partial charge in [-0.3, -0.25) is 4.79 Å². The lowest BCUT2D eigenvalue weighted by molar-refractivity contribution is -0.118. The third kappa shape index (κ3) is 5.78. The maximum atomic E-state index is 11.8. The molecule has 23 heavy (non-hydrogen) atoms. The van der Waals surface area contributed by atoms with Crippen LogP contribution in [0.4, 0.5) is 16.2 Å². The first-order valence-corrected chi connectivity index (χ1v) is 7.92. The first kappa shape index (κ1) is 17.1. The number of nitrogens with one attached hydrogen (secondary N) is 3. The van der Waals surface area contributed by atoms with Crippen molar-refractivity contribution in [2.24, 2.45) is 0 Å². The zero-order chi connectivity index (χ0) is 16.7. The summed E-state index contributed by atoms with van der Waals surface area (Å²) in [6.45, 7) is -0.0706. The number of hydrogen-bond acceptors (Lipinski definition) is 3. The summed E-state index contributed by atoms with van der Waals surface area (Å²) in [5, 5.41) is 7.82. The Morgan fingerprint density at radius 1 is 0.957 bits per heavy atom. The van der Waals surface area contributed by atoms with Crippen LogP contribution >= 0.6 is 22.6 Å². The number of hydrogen-bond donors (Lipinski definition) is 3. The van der Waals surface area contributed by atoms with Gasteiger partial charge in [0, 0.05) is 22.0 Å². The van der Waals surface area contributed by atoms with E-state index in [1.54, 1.807) is 24.3 Å². The van der Waals surface area contributed by atoms with Crippen molar-refractivity contribution >= 4 is 45.9 Å². The van der Waals surface area contributed by atoms with Gasteiger partial charge < -0.3 is 20.7 Å². The molecule has 0 saturated heterocycles. The Morgan fingerprint density at radius 2 is 1.52 bits per heavy atom. The molecule has 0 radical (unpaired) electrons. The van der Waals surface area contributed by atoms with Gasteiger partial charge in [0.15, 0.2) is 6.61 Å². The van der Waals surface area contributed by atoms with Crippen molar-refractivity contribution in [1.82, 2.24) is 5.32 Å². The SMILES string of the molecule is CNC(=O)Nc1ccc(NC(=O)COc2ccc(I)cc2)cc1. The normalized spacial score (nSPS) is 9.83. The first-order chi connectivity index (χ1) is 11.1. The molecule has 0 aliphatic rings. The predicted molar refractivity (Wildman–Crippen MR) is 97.8 cm³/mol. The lowest BCUT2D eigenvalue weighted by Gasteiger charge is -2.09. The average Bonchev–Trinajstić information content (AvgIpc) is 2.56. The Kier molecular flexibility index (Phi) is 6.21. The molecule has 2 aromatic rings. The second kappa shape index (κ2) is 8.37. The minimum atomic E-state index is -0.298. The van der Waals surface area contributed by atoms with E-state index >= 15 is 0 Å². The molecular weight excluding hydrogens is 409 g/mol. The minimum absolute atomic E-state index is 0.0706. The molecule has 6 nitrogen and oxygen atoms in total. The van der Waals surface area contributed by atoms with Crippen LogP contribution in [0.3, 0.4) is 0 Å². The van der Waals surface area contributed by atoms with Crippen molar-refractivity contribution in [3.8, 4) is 5.75 Å². The second-order valence-electron chi connectivity index (χ2n) is 4.57. The molecule has 0 aliphatic carbocycles. The standard InChI is InChI=1S/C16H16IN3O3/c1-18-16(22)20-13-6-4-12(5-7-13)19-15(21)10-23-14-8-2-11(17)3-9-14/h2-9H,10H2,1H3,(H,19,21)(H2,18,20,22). The van der Waals surface area contributed by atoms with Crippen LogP contribution in [-0.2, 0) is 4.79 Å². The molecule has 0 heterocycles. The molecule has 0 saturated carbocycles. The van der Waals surface area contributed by atoms with Crippen LogP contribution in [0.1, 0.15) is 0 Å². The van der Waals surface area contributed by atoms with Gasteiger partial charge in [0.1, 0.15) is 5.75 Å². The summed E-state index contributed by atoms with van der Waals surface area (Å²) in [7, 11) is 1.54. The molecule has 3 amide bonds. The fourth-order valence-corrected chi connectivity index (χ4v) is 2.07. The van der Waals surface area contributed by atoms with Gasteiger partial charge in [-0.25, -0.2) is 4.79 Å². The number of benzene rings is 2. The van der Waals surface area contributed by atoms with E-state index in [1.807, 2.05) is 24.3 Å². The van der Waals surface area contributed by atoms with Crippen molar-refractivity contribution in [3.63, 3.8) is 0 Å². The predicted octanol–water partition coefficient (Wildman–Crippen LogP) is 3.06. The highest BCUT2D eigenvalue weighted by Gasteiger charge is 2.04. The summed E-state index contributed by atoms with van der Waals surface area (Å²) in [6, 6.07) is 13.9. The van der Waals surface area contributed by atoms with E-state index in [1.165, 1.54) is 7.05 Å². The van der Waals surface area contributed by atoms with Crippen LogP contribution in [0.2, 0.25) is 0 Å². The lowest BCUT2D eigenvalue weighted by atomic mass is 10.3. The topological polar surface area (TPSA) is 79.5 Å². The number of carbonyl (C=O) groups is 2. The van der Waals surface area contributed by atoms with Gasteiger partial charge in [0.05, 0.1) is 0 Å². The van der Waals surface area contributed by atoms with Crippen molar-refractivity contribution in [2.45, 2.75) is 0 Å². The molecule has 2 rings (SSSR count). The average molecular weight is 425 g/mol. The van der Waals surface area contributed by atoms with E-state index in [-0.39, 0.29) is 18.5 Å². The Labute approximate surface area is 147 Å². The van der Waals surface area contributed by atoms with E-state index in [4.69, 9.17) is 4.74 Å². The van der Waals surface area contributed by atoms with Crippen molar-refractivity contribution in [1.29, 1.82) is 0 Å². The fourth-order valence-electron chi connectivity index (χ4n) is 1.71. The van der Waals surface area contributed by atoms with Crippen LogP contribution in [0.15, 0.2) is 48.5 Å². The maximum absolute atomic E-state index is 11.8. The van der Waals surface area contributed by atoms with Gasteiger partial charge in [-0.05, 0) is 71.1 Å². The molecule has 0 spiro atoms. The highest BCUT2D eigenvalue weighted by Crippen LogP contribution is 2.15. The second-order valence-corrected chi connectivity index (χ2v) is 5.82. The number of carbonyl (C=O) groups excluding carboxylic acids is 2. The molecule has 0 aromatic heterocycles. The number of urea groups is 1. The van der Waals surface area contributed by atoms with Crippen LogP contribution in [-0.4, -0.2) is 25.6 Å². The van der Waals surface area contributed by atoms with Gasteiger partial charge in [-0.15, -0.1) is 0 Å². The summed E-state index contributed by atoms with van der Waals surface area (Å²) in [5.74, 6) is 0.390. The van der Waals surface area contributed by atoms with E-state index < -0.39 is 0 Å². The molecular formula is C16H16IN3O3. The molecule has 0 atom stereocenters. The van der Waals surface area contributed by atoms with Gasteiger partial charge in [-0.2, -0.15) is 0 Å². The Hall–Kier alpha value is -2.29. The highest BCUT2D eigenvalue weighted by atomic mass is 127. The highest BCUT2D eigenvalue weighted by molar-refractivity contribution is 14.1. The maximum Gasteiger partial charge on any atom is 0.318 e. The van der Waals surface area contributed by atoms with Gasteiger partial charge in [0.25, 0.3) is 5.91 Å². The number of amides is 3. The van der Waals surface area contributed by atoms with E-state index in [2.05, 4.69) is 38.5 Å². The third-order valence-corrected chi connectivity index (χ3v) is 3.56. The Bertz CT molecular complexity index is 672. The molecule has 7 heteroatoms. The largest absolute Gasteiger partial charge is 0.484 e. The Balaban J connectivity index is 1.82. The fraction of sp³-hybridized carbons (Fsp3) is 0.125. The number of ether oxygens (including phenoxy) is 1. The molecule has 3 N–H and O–H groups in total. The molecule has 120 valence electrons. The third-order valence-electron chi connectivity index (χ3n) is 2.84. The number of halogens is 1. The van der Waals surface area contributed by atoms with Gasteiger partial charge in [0.2, 0.25) is 0 Å². The number of anilines is 2. The zero-order valence-corrected chi connectivity index (χ0v) is 14.6. The first-order valence-electron chi connectivity index (χ1n) is 6.84. The van der Waals surface area contributed by atoms with E-state index in [9.17, 15) is 9.59 Å². The molecule has 2 aromatic carbocycles. The molecule has 0 bridgehead atoms. The van der Waals surface area contributed by atoms with Gasteiger partial charge in [-0.1, -0.05) is 0 Å². The van der Waals surface area contributed by atoms with E-state index in [0.29, 0.717) is 17.1 Å². The molecule has 0 fully saturated rings. The lowest BCUT2D eigenvalue weighted by Crippen LogP contribution is -2.24. The Morgan fingerprint density at radius 3 is 2.09 bits per heavy atom. The summed E-state index contributed by atoms with van der Waals surface area (Å²) >= 11 is 2.20. The number of rotatable bonds is 5. The van der Waals surface area contributed by atoms with Crippen molar-refractivity contribution in [3.05, 3.63) is 52.1 Å². The van der Waals surface area contributed by atoms with Crippen molar-refractivity contribution in [2.75, 3.05) is 24.3 Å². The zero-order valence-electron chi connectivity index (χ0n) is 12.4. The summed E-state index contributed by atoms with van der Waals surface area (Å²) in [6.07, 6.45) is 0. The molecule has 0 aliphatic heterocycles. The van der Waals surface area contributed by atoms with Crippen LogP contribution in [0, 0.1) is 3.57 Å². The molecule has 0 unspecified atom stereocenters. The van der Waals surface area contributed by atoms with Crippen molar-refractivity contribution < 1.29 is 14.3 Å². The smallest absolute Gasteiger partial charge is 0.318 e. The van der Waals surface area contributed by atoms with Crippen LogP contribution in [0.25, 0.3) is 0 Å².